The van der Waals surface area contributed by atoms with Crippen LogP contribution in [0.15, 0.2) is 11.6 Å². The van der Waals surface area contributed by atoms with Gasteiger partial charge in [0.05, 0.1) is 30.5 Å². The standard InChI is InChI=1S/C29H40O10/c1-26-6-4-19-20(28(26,34)7-5-18(26)15-8-24(33)36-13-15)3-2-16-9-21-22(11-27(16,19)14-31)39-29(35)23(32)10-17(12-30)37-25(29)38-21/h8,14,16-23,25,30,32,34-35H,2-7,9-13H2,1H3/t16-,17-,18+,19-,20+,21+,22+,23-,25-,26+,27+,28-,29-/m0/s1. The average Bonchev–Trinajstić information content (AvgIpc) is 3.46. The fourth-order valence-corrected chi connectivity index (χ4v) is 10.2. The molecule has 0 aromatic carbocycles. The molecular weight excluding hydrogens is 508 g/mol. The lowest BCUT2D eigenvalue weighted by molar-refractivity contribution is -0.459. The molecule has 0 bridgehead atoms. The van der Waals surface area contributed by atoms with Crippen LogP contribution in [0.4, 0.5) is 0 Å². The zero-order valence-electron chi connectivity index (χ0n) is 22.4. The van der Waals surface area contributed by atoms with E-state index in [1.165, 1.54) is 0 Å². The normalized spacial score (nSPS) is 56.3. The van der Waals surface area contributed by atoms with E-state index >= 15 is 0 Å². The summed E-state index contributed by atoms with van der Waals surface area (Å²) in [4.78, 5) is 25.0. The molecule has 4 saturated carbocycles. The number of carbonyl (C=O) groups excluding carboxylic acids is 2. The van der Waals surface area contributed by atoms with Gasteiger partial charge in [-0.05, 0) is 80.6 Å². The van der Waals surface area contributed by atoms with Crippen molar-refractivity contribution in [3.8, 4) is 0 Å². The number of aliphatic hydroxyl groups excluding tert-OH is 2. The summed E-state index contributed by atoms with van der Waals surface area (Å²) in [7, 11) is 0. The Hall–Kier alpha value is -1.40. The molecule has 7 aliphatic rings. The summed E-state index contributed by atoms with van der Waals surface area (Å²) in [6.45, 7) is 2.14. The van der Waals surface area contributed by atoms with Gasteiger partial charge < -0.3 is 44.2 Å². The number of cyclic esters (lactones) is 1. The maximum atomic E-state index is 13.1. The van der Waals surface area contributed by atoms with Gasteiger partial charge in [0.1, 0.15) is 19.0 Å². The zero-order valence-corrected chi connectivity index (χ0v) is 22.4. The topological polar surface area (TPSA) is 152 Å². The van der Waals surface area contributed by atoms with E-state index in [9.17, 15) is 30.0 Å². The molecule has 0 radical (unpaired) electrons. The van der Waals surface area contributed by atoms with Crippen LogP contribution in [0.2, 0.25) is 0 Å². The molecule has 0 aromatic heterocycles. The van der Waals surface area contributed by atoms with Gasteiger partial charge in [-0.2, -0.15) is 0 Å². The van der Waals surface area contributed by atoms with Crippen LogP contribution in [-0.2, 0) is 28.5 Å². The van der Waals surface area contributed by atoms with E-state index in [-0.39, 0.29) is 42.7 Å². The highest BCUT2D eigenvalue weighted by atomic mass is 16.8. The summed E-state index contributed by atoms with van der Waals surface area (Å²) in [5, 5.41) is 44.0. The lowest BCUT2D eigenvalue weighted by Gasteiger charge is -2.64. The highest BCUT2D eigenvalue weighted by Gasteiger charge is 2.70. The monoisotopic (exact) mass is 548 g/mol. The number of hydrogen-bond donors (Lipinski definition) is 4. The zero-order chi connectivity index (χ0) is 27.4. The van der Waals surface area contributed by atoms with Crippen LogP contribution in [0.3, 0.4) is 0 Å². The highest BCUT2D eigenvalue weighted by molar-refractivity contribution is 5.85. The molecule has 4 N–H and O–H groups in total. The van der Waals surface area contributed by atoms with Crippen LogP contribution in [0.5, 0.6) is 0 Å². The Bertz CT molecular complexity index is 1080. The molecule has 10 nitrogen and oxygen atoms in total. The number of aliphatic hydroxyl groups is 4. The first-order valence-electron chi connectivity index (χ1n) is 14.6. The first kappa shape index (κ1) is 26.5. The molecule has 6 fully saturated rings. The summed E-state index contributed by atoms with van der Waals surface area (Å²) in [5.74, 6) is -2.37. The number of ether oxygens (including phenoxy) is 4. The molecule has 0 amide bonds. The number of aldehydes is 1. The molecule has 3 heterocycles. The van der Waals surface area contributed by atoms with Crippen molar-refractivity contribution in [2.45, 2.75) is 107 Å². The van der Waals surface area contributed by atoms with Crippen LogP contribution in [0.1, 0.15) is 64.7 Å². The Morgan fingerprint density at radius 2 is 1.87 bits per heavy atom. The number of fused-ring (bicyclic) bond motifs is 7. The third-order valence-corrected chi connectivity index (χ3v) is 12.2. The fraction of sp³-hybridized carbons (Fsp3) is 0.862. The van der Waals surface area contributed by atoms with Gasteiger partial charge in [-0.15, -0.1) is 0 Å². The number of carbonyl (C=O) groups is 2. The molecule has 7 rings (SSSR count). The molecule has 4 aliphatic carbocycles. The second-order valence-corrected chi connectivity index (χ2v) is 13.6. The highest BCUT2D eigenvalue weighted by Crippen LogP contribution is 2.70. The van der Waals surface area contributed by atoms with Crippen LogP contribution < -0.4 is 0 Å². The first-order valence-corrected chi connectivity index (χ1v) is 14.6. The van der Waals surface area contributed by atoms with Crippen molar-refractivity contribution < 1.29 is 49.0 Å². The molecule has 0 spiro atoms. The van der Waals surface area contributed by atoms with Crippen LogP contribution in [0.25, 0.3) is 0 Å². The molecule has 39 heavy (non-hydrogen) atoms. The molecule has 2 saturated heterocycles. The number of rotatable bonds is 3. The maximum Gasteiger partial charge on any atom is 0.331 e. The van der Waals surface area contributed by atoms with Gasteiger partial charge in [0, 0.05) is 23.3 Å². The van der Waals surface area contributed by atoms with Crippen LogP contribution in [-0.4, -0.2) is 88.0 Å². The predicted molar refractivity (Wildman–Crippen MR) is 133 cm³/mol. The first-order chi connectivity index (χ1) is 18.6. The largest absolute Gasteiger partial charge is 0.458 e. The second-order valence-electron chi connectivity index (χ2n) is 13.6. The van der Waals surface area contributed by atoms with E-state index in [1.807, 2.05) is 0 Å². The quantitative estimate of drug-likeness (QED) is 0.228. The molecule has 13 atom stereocenters. The fourth-order valence-electron chi connectivity index (χ4n) is 10.2. The Morgan fingerprint density at radius 1 is 1.05 bits per heavy atom. The van der Waals surface area contributed by atoms with Gasteiger partial charge in [0.2, 0.25) is 12.1 Å². The summed E-state index contributed by atoms with van der Waals surface area (Å²) in [6, 6.07) is 0. The second kappa shape index (κ2) is 8.80. The minimum absolute atomic E-state index is 0.0102. The predicted octanol–water partition coefficient (Wildman–Crippen LogP) is 0.973. The van der Waals surface area contributed by atoms with Crippen molar-refractivity contribution in [1.82, 2.24) is 0 Å². The van der Waals surface area contributed by atoms with E-state index in [0.29, 0.717) is 25.9 Å². The third kappa shape index (κ3) is 3.46. The van der Waals surface area contributed by atoms with Crippen molar-refractivity contribution >= 4 is 12.3 Å². The molecular formula is C29H40O10. The van der Waals surface area contributed by atoms with Gasteiger partial charge in [-0.25, -0.2) is 4.79 Å². The van der Waals surface area contributed by atoms with Gasteiger partial charge >= 0.3 is 5.97 Å². The van der Waals surface area contributed by atoms with E-state index in [4.69, 9.17) is 18.9 Å². The summed E-state index contributed by atoms with van der Waals surface area (Å²) >= 11 is 0. The van der Waals surface area contributed by atoms with E-state index in [2.05, 4.69) is 6.92 Å². The Labute approximate surface area is 227 Å². The average molecular weight is 549 g/mol. The summed E-state index contributed by atoms with van der Waals surface area (Å²) < 4.78 is 23.3. The van der Waals surface area contributed by atoms with Crippen molar-refractivity contribution in [2.24, 2.45) is 34.5 Å². The molecule has 216 valence electrons. The maximum absolute atomic E-state index is 13.1. The van der Waals surface area contributed by atoms with E-state index in [0.717, 1.165) is 44.0 Å². The van der Waals surface area contributed by atoms with Crippen LogP contribution in [0, 0.1) is 34.5 Å². The van der Waals surface area contributed by atoms with Crippen LogP contribution >= 0.6 is 0 Å². The smallest absolute Gasteiger partial charge is 0.331 e. The van der Waals surface area contributed by atoms with E-state index < -0.39 is 52.9 Å². The Balaban J connectivity index is 1.17. The third-order valence-electron chi connectivity index (χ3n) is 12.2. The minimum atomic E-state index is -2.08. The summed E-state index contributed by atoms with van der Waals surface area (Å²) in [6.07, 6.45) is 3.95. The number of hydrogen-bond acceptors (Lipinski definition) is 10. The van der Waals surface area contributed by atoms with E-state index in [1.54, 1.807) is 6.08 Å². The van der Waals surface area contributed by atoms with Gasteiger partial charge in [0.15, 0.2) is 0 Å². The lowest BCUT2D eigenvalue weighted by Crippen LogP contribution is -2.71. The van der Waals surface area contributed by atoms with Crippen molar-refractivity contribution in [3.63, 3.8) is 0 Å². The van der Waals surface area contributed by atoms with Crippen molar-refractivity contribution in [3.05, 3.63) is 11.6 Å². The minimum Gasteiger partial charge on any atom is -0.458 e. The molecule has 0 aromatic rings. The number of esters is 1. The Kier molecular flexibility index (Phi) is 5.98. The Morgan fingerprint density at radius 3 is 2.59 bits per heavy atom. The van der Waals surface area contributed by atoms with Crippen molar-refractivity contribution in [2.75, 3.05) is 13.2 Å². The lowest BCUT2D eigenvalue weighted by atomic mass is 9.42. The van der Waals surface area contributed by atoms with Gasteiger partial charge in [-0.3, -0.25) is 0 Å². The summed E-state index contributed by atoms with van der Waals surface area (Å²) in [5.41, 5.74) is -1.11. The van der Waals surface area contributed by atoms with Gasteiger partial charge in [0.25, 0.3) is 0 Å². The molecule has 3 aliphatic heterocycles. The van der Waals surface area contributed by atoms with Gasteiger partial charge in [-0.1, -0.05) is 6.92 Å². The molecule has 10 heteroatoms. The SMILES string of the molecule is C[C@]12CC[C@H]3[C@@H](CC[C@H]4C[C@H]5O[C@@H]6O[C@H](CO)C[C@H](O)[C@]6(O)O[C@@H]5C[C@@]43C=O)[C@@]1(O)CC[C@@H]2C1=CC(=O)OC1. The molecule has 0 unspecified atom stereocenters. The van der Waals surface area contributed by atoms with Crippen molar-refractivity contribution in [1.29, 1.82) is 0 Å².